The first kappa shape index (κ1) is 17.1. The number of urea groups is 1. The van der Waals surface area contributed by atoms with Crippen LogP contribution in [0.5, 0.6) is 0 Å². The molecule has 5 heteroatoms. The fourth-order valence-electron chi connectivity index (χ4n) is 3.64. The minimum absolute atomic E-state index is 0.0700. The summed E-state index contributed by atoms with van der Waals surface area (Å²) in [5.74, 6) is 0.357. The van der Waals surface area contributed by atoms with Crippen molar-refractivity contribution in [1.82, 2.24) is 15.1 Å². The molecule has 0 unspecified atom stereocenters. The number of nitrogens with zero attached hydrogens (tertiary/aromatic N) is 2. The highest BCUT2D eigenvalue weighted by Crippen LogP contribution is 2.21. The van der Waals surface area contributed by atoms with E-state index in [1.165, 1.54) is 19.3 Å². The van der Waals surface area contributed by atoms with Gasteiger partial charge in [-0.3, -0.25) is 4.79 Å². The standard InChI is InChI=1S/C17H31N3O2/c1-3-19(4-2)16(21)14-10-12-20(13-11-14)17(22)18-15-8-6-5-7-9-15/h14-15H,3-13H2,1-2H3,(H,18,22). The molecule has 1 N–H and O–H groups in total. The number of hydrogen-bond donors (Lipinski definition) is 1. The van der Waals surface area contributed by atoms with Gasteiger partial charge in [0.2, 0.25) is 5.91 Å². The van der Waals surface area contributed by atoms with Crippen LogP contribution in [0.4, 0.5) is 4.79 Å². The quantitative estimate of drug-likeness (QED) is 0.868. The van der Waals surface area contributed by atoms with Crippen LogP contribution in [0, 0.1) is 5.92 Å². The molecule has 1 heterocycles. The number of carbonyl (C=O) groups is 2. The Morgan fingerprint density at radius 2 is 1.59 bits per heavy atom. The van der Waals surface area contributed by atoms with Gasteiger partial charge in [-0.25, -0.2) is 4.79 Å². The molecular formula is C17H31N3O2. The molecule has 1 saturated carbocycles. The number of carbonyl (C=O) groups excluding carboxylic acids is 2. The van der Waals surface area contributed by atoms with Crippen LogP contribution in [0.2, 0.25) is 0 Å². The van der Waals surface area contributed by atoms with Gasteiger partial charge >= 0.3 is 6.03 Å². The lowest BCUT2D eigenvalue weighted by atomic mass is 9.94. The van der Waals surface area contributed by atoms with Gasteiger partial charge in [-0.2, -0.15) is 0 Å². The summed E-state index contributed by atoms with van der Waals surface area (Å²) in [5, 5.41) is 3.17. The summed E-state index contributed by atoms with van der Waals surface area (Å²) in [7, 11) is 0. The Morgan fingerprint density at radius 1 is 1.00 bits per heavy atom. The summed E-state index contributed by atoms with van der Waals surface area (Å²) >= 11 is 0. The zero-order valence-corrected chi connectivity index (χ0v) is 14.1. The maximum atomic E-state index is 12.4. The van der Waals surface area contributed by atoms with Crippen LogP contribution >= 0.6 is 0 Å². The van der Waals surface area contributed by atoms with Gasteiger partial charge in [0.1, 0.15) is 0 Å². The molecule has 1 aliphatic carbocycles. The largest absolute Gasteiger partial charge is 0.343 e. The molecular weight excluding hydrogens is 278 g/mol. The average molecular weight is 309 g/mol. The lowest BCUT2D eigenvalue weighted by Crippen LogP contribution is -2.50. The third kappa shape index (κ3) is 4.37. The molecule has 0 aromatic carbocycles. The summed E-state index contributed by atoms with van der Waals surface area (Å²) < 4.78 is 0. The molecule has 2 fully saturated rings. The summed E-state index contributed by atoms with van der Waals surface area (Å²) in [6.45, 7) is 7.00. The first-order chi connectivity index (χ1) is 10.7. The van der Waals surface area contributed by atoms with Gasteiger partial charge in [0.25, 0.3) is 0 Å². The topological polar surface area (TPSA) is 52.7 Å². The number of piperidine rings is 1. The Morgan fingerprint density at radius 3 is 2.14 bits per heavy atom. The molecule has 0 atom stereocenters. The van der Waals surface area contributed by atoms with Crippen molar-refractivity contribution in [2.24, 2.45) is 5.92 Å². The highest BCUT2D eigenvalue weighted by molar-refractivity contribution is 5.79. The van der Waals surface area contributed by atoms with Crippen LogP contribution < -0.4 is 5.32 Å². The second-order valence-corrected chi connectivity index (χ2v) is 6.56. The molecule has 2 rings (SSSR count). The third-order valence-electron chi connectivity index (χ3n) is 5.14. The van der Waals surface area contributed by atoms with Crippen molar-refractivity contribution in [2.45, 2.75) is 64.8 Å². The van der Waals surface area contributed by atoms with Crippen LogP contribution in [0.25, 0.3) is 0 Å². The zero-order chi connectivity index (χ0) is 15.9. The summed E-state index contributed by atoms with van der Waals surface area (Å²) in [6, 6.07) is 0.428. The summed E-state index contributed by atoms with van der Waals surface area (Å²) in [4.78, 5) is 28.5. The average Bonchev–Trinajstić information content (AvgIpc) is 2.57. The molecule has 1 aliphatic heterocycles. The predicted octanol–water partition coefficient (Wildman–Crippen LogP) is 2.61. The first-order valence-electron chi connectivity index (χ1n) is 8.99. The predicted molar refractivity (Wildman–Crippen MR) is 87.6 cm³/mol. The Labute approximate surface area is 134 Å². The lowest BCUT2D eigenvalue weighted by Gasteiger charge is -2.35. The summed E-state index contributed by atoms with van der Waals surface area (Å²) in [6.07, 6.45) is 7.58. The van der Waals surface area contributed by atoms with E-state index in [-0.39, 0.29) is 17.9 Å². The molecule has 5 nitrogen and oxygen atoms in total. The fourth-order valence-corrected chi connectivity index (χ4v) is 3.64. The van der Waals surface area contributed by atoms with E-state index in [1.54, 1.807) is 0 Å². The van der Waals surface area contributed by atoms with E-state index in [1.807, 2.05) is 23.6 Å². The molecule has 22 heavy (non-hydrogen) atoms. The number of hydrogen-bond acceptors (Lipinski definition) is 2. The third-order valence-corrected chi connectivity index (χ3v) is 5.14. The number of likely N-dealkylation sites (tertiary alicyclic amines) is 1. The molecule has 3 amide bonds. The van der Waals surface area contributed by atoms with E-state index in [9.17, 15) is 9.59 Å². The minimum Gasteiger partial charge on any atom is -0.343 e. The van der Waals surface area contributed by atoms with Crippen LogP contribution in [0.15, 0.2) is 0 Å². The van der Waals surface area contributed by atoms with E-state index >= 15 is 0 Å². The second-order valence-electron chi connectivity index (χ2n) is 6.56. The number of nitrogens with one attached hydrogen (secondary N) is 1. The van der Waals surface area contributed by atoms with Crippen molar-refractivity contribution in [3.8, 4) is 0 Å². The Bertz CT molecular complexity index is 368. The molecule has 0 aromatic heterocycles. The van der Waals surface area contributed by atoms with E-state index in [0.29, 0.717) is 19.1 Å². The van der Waals surface area contributed by atoms with Crippen molar-refractivity contribution in [2.75, 3.05) is 26.2 Å². The van der Waals surface area contributed by atoms with E-state index in [0.717, 1.165) is 38.8 Å². The molecule has 1 saturated heterocycles. The molecule has 2 aliphatic rings. The maximum absolute atomic E-state index is 12.4. The van der Waals surface area contributed by atoms with Gasteiger partial charge in [0.05, 0.1) is 0 Å². The van der Waals surface area contributed by atoms with Gasteiger partial charge in [0.15, 0.2) is 0 Å². The normalized spacial score (nSPS) is 20.7. The van der Waals surface area contributed by atoms with Crippen molar-refractivity contribution in [1.29, 1.82) is 0 Å². The van der Waals surface area contributed by atoms with E-state index < -0.39 is 0 Å². The van der Waals surface area contributed by atoms with Gasteiger partial charge in [-0.15, -0.1) is 0 Å². The number of rotatable bonds is 4. The van der Waals surface area contributed by atoms with Gasteiger partial charge in [-0.05, 0) is 39.5 Å². The monoisotopic (exact) mass is 309 g/mol. The Kier molecular flexibility index (Phi) is 6.52. The Hall–Kier alpha value is -1.26. The fraction of sp³-hybridized carbons (Fsp3) is 0.882. The van der Waals surface area contributed by atoms with Crippen molar-refractivity contribution in [3.05, 3.63) is 0 Å². The highest BCUT2D eigenvalue weighted by Gasteiger charge is 2.30. The molecule has 0 spiro atoms. The second kappa shape index (κ2) is 8.39. The summed E-state index contributed by atoms with van der Waals surface area (Å²) in [5.41, 5.74) is 0. The maximum Gasteiger partial charge on any atom is 0.317 e. The van der Waals surface area contributed by atoms with Gasteiger partial charge in [-0.1, -0.05) is 19.3 Å². The minimum atomic E-state index is 0.0700. The first-order valence-corrected chi connectivity index (χ1v) is 8.99. The SMILES string of the molecule is CCN(CC)C(=O)C1CCN(C(=O)NC2CCCCC2)CC1. The van der Waals surface area contributed by atoms with Crippen LogP contribution in [0.1, 0.15) is 58.8 Å². The zero-order valence-electron chi connectivity index (χ0n) is 14.1. The van der Waals surface area contributed by atoms with E-state index in [2.05, 4.69) is 5.32 Å². The van der Waals surface area contributed by atoms with Crippen LogP contribution in [0.3, 0.4) is 0 Å². The number of amides is 3. The van der Waals surface area contributed by atoms with E-state index in [4.69, 9.17) is 0 Å². The van der Waals surface area contributed by atoms with Gasteiger partial charge in [0, 0.05) is 38.1 Å². The molecule has 0 bridgehead atoms. The smallest absolute Gasteiger partial charge is 0.317 e. The molecule has 0 radical (unpaired) electrons. The molecule has 0 aromatic rings. The van der Waals surface area contributed by atoms with Crippen molar-refractivity contribution < 1.29 is 9.59 Å². The van der Waals surface area contributed by atoms with Crippen LogP contribution in [-0.2, 0) is 4.79 Å². The Balaban J connectivity index is 1.76. The van der Waals surface area contributed by atoms with Gasteiger partial charge < -0.3 is 15.1 Å². The van der Waals surface area contributed by atoms with Crippen molar-refractivity contribution >= 4 is 11.9 Å². The lowest BCUT2D eigenvalue weighted by molar-refractivity contribution is -0.136. The highest BCUT2D eigenvalue weighted by atomic mass is 16.2. The molecule has 126 valence electrons. The van der Waals surface area contributed by atoms with Crippen LogP contribution in [-0.4, -0.2) is 54.0 Å². The van der Waals surface area contributed by atoms with Crippen molar-refractivity contribution in [3.63, 3.8) is 0 Å².